The molecule has 0 aliphatic heterocycles. The van der Waals surface area contributed by atoms with Crippen LogP contribution in [0.25, 0.3) is 0 Å². The van der Waals surface area contributed by atoms with Gasteiger partial charge in [0.2, 0.25) is 10.0 Å². The lowest BCUT2D eigenvalue weighted by Gasteiger charge is -2.01. The number of aromatic nitrogens is 1. The fraction of sp³-hybridized carbons (Fsp3) is 0.444. The molecule has 0 saturated carbocycles. The number of oxime groups is 1. The van der Waals surface area contributed by atoms with Gasteiger partial charge >= 0.3 is 0 Å². The zero-order valence-corrected chi connectivity index (χ0v) is 11.7. The largest absolute Gasteiger partial charge is 0.392 e. The minimum Gasteiger partial charge on any atom is -0.392 e. The Morgan fingerprint density at radius 2 is 2.28 bits per heavy atom. The lowest BCUT2D eigenvalue weighted by Crippen LogP contribution is -2.10. The molecule has 1 heterocycles. The van der Waals surface area contributed by atoms with Crippen LogP contribution in [0, 0.1) is 0 Å². The highest BCUT2D eigenvalue weighted by molar-refractivity contribution is 7.92. The van der Waals surface area contributed by atoms with Crippen LogP contribution in [0.15, 0.2) is 10.5 Å². The zero-order chi connectivity index (χ0) is 13.8. The van der Waals surface area contributed by atoms with Gasteiger partial charge in [0.25, 0.3) is 0 Å². The number of anilines is 1. The molecule has 7 nitrogen and oxygen atoms in total. The van der Waals surface area contributed by atoms with Crippen molar-refractivity contribution in [1.82, 2.24) is 4.98 Å². The van der Waals surface area contributed by atoms with Gasteiger partial charge in [0.15, 0.2) is 17.1 Å². The average molecular weight is 291 g/mol. The molecule has 0 amide bonds. The van der Waals surface area contributed by atoms with Crippen LogP contribution in [0.4, 0.5) is 5.13 Å². The lowest BCUT2D eigenvalue weighted by atomic mass is 10.3. The molecule has 0 spiro atoms. The van der Waals surface area contributed by atoms with Crippen molar-refractivity contribution in [1.29, 1.82) is 0 Å². The van der Waals surface area contributed by atoms with E-state index in [1.165, 1.54) is 5.38 Å². The van der Waals surface area contributed by atoms with E-state index in [4.69, 9.17) is 4.84 Å². The first kappa shape index (κ1) is 14.6. The highest BCUT2D eigenvalue weighted by Crippen LogP contribution is 2.16. The molecule has 1 N–H and O–H groups in total. The van der Waals surface area contributed by atoms with Crippen LogP contribution in [-0.2, 0) is 19.7 Å². The van der Waals surface area contributed by atoms with Gasteiger partial charge in [-0.2, -0.15) is 0 Å². The Morgan fingerprint density at radius 3 is 2.78 bits per heavy atom. The number of sulfonamides is 1. The third-order valence-electron chi connectivity index (χ3n) is 1.51. The normalized spacial score (nSPS) is 12.6. The lowest BCUT2D eigenvalue weighted by molar-refractivity contribution is -0.102. The van der Waals surface area contributed by atoms with Gasteiger partial charge in [-0.05, 0) is 13.8 Å². The van der Waals surface area contributed by atoms with Gasteiger partial charge in [-0.1, -0.05) is 5.16 Å². The van der Waals surface area contributed by atoms with E-state index < -0.39 is 10.0 Å². The highest BCUT2D eigenvalue weighted by Gasteiger charge is 2.11. The summed E-state index contributed by atoms with van der Waals surface area (Å²) in [7, 11) is -3.38. The fourth-order valence-electron chi connectivity index (χ4n) is 0.888. The van der Waals surface area contributed by atoms with E-state index in [1.807, 2.05) is 0 Å². The first-order chi connectivity index (χ1) is 8.31. The van der Waals surface area contributed by atoms with Crippen molar-refractivity contribution < 1.29 is 18.0 Å². The van der Waals surface area contributed by atoms with E-state index in [0.29, 0.717) is 6.29 Å². The number of rotatable bonds is 6. The summed E-state index contributed by atoms with van der Waals surface area (Å²) in [5.41, 5.74) is 0.281. The van der Waals surface area contributed by atoms with Crippen LogP contribution in [0.3, 0.4) is 0 Å². The molecule has 1 aromatic rings. The van der Waals surface area contributed by atoms with Crippen molar-refractivity contribution in [2.24, 2.45) is 5.16 Å². The number of nitrogens with one attached hydrogen (secondary N) is 1. The molecule has 0 radical (unpaired) electrons. The number of hydrogen-bond acceptors (Lipinski definition) is 7. The topological polar surface area (TPSA) is 97.7 Å². The molecule has 1 aromatic heterocycles. The first-order valence-corrected chi connectivity index (χ1v) is 7.71. The maximum atomic E-state index is 11.0. The first-order valence-electron chi connectivity index (χ1n) is 4.94. The van der Waals surface area contributed by atoms with E-state index >= 15 is 0 Å². The van der Waals surface area contributed by atoms with E-state index in [0.717, 1.165) is 17.6 Å². The predicted molar refractivity (Wildman–Crippen MR) is 69.4 cm³/mol. The van der Waals surface area contributed by atoms with E-state index in [9.17, 15) is 13.2 Å². The molecule has 0 aliphatic rings. The molecule has 0 fully saturated rings. The van der Waals surface area contributed by atoms with Crippen LogP contribution in [0.5, 0.6) is 0 Å². The average Bonchev–Trinajstić information content (AvgIpc) is 2.64. The monoisotopic (exact) mass is 291 g/mol. The second-order valence-electron chi connectivity index (χ2n) is 3.66. The Balaban J connectivity index is 2.89. The molecular formula is C9H13N3O4S2. The number of carbonyl (C=O) groups is 1. The van der Waals surface area contributed by atoms with Gasteiger partial charge in [-0.15, -0.1) is 11.3 Å². The summed E-state index contributed by atoms with van der Waals surface area (Å²) in [6, 6.07) is 0. The molecule has 100 valence electrons. The Bertz CT molecular complexity index is 548. The third-order valence-corrected chi connectivity index (χ3v) is 2.96. The van der Waals surface area contributed by atoms with Crippen molar-refractivity contribution in [3.05, 3.63) is 11.1 Å². The Kier molecular flexibility index (Phi) is 4.79. The number of aldehydes is 1. The fourth-order valence-corrected chi connectivity index (χ4v) is 2.44. The van der Waals surface area contributed by atoms with Crippen molar-refractivity contribution in [2.75, 3.05) is 11.0 Å². The van der Waals surface area contributed by atoms with Gasteiger partial charge in [0.05, 0.1) is 6.26 Å². The van der Waals surface area contributed by atoms with Gasteiger partial charge in [0, 0.05) is 5.38 Å². The molecule has 0 aromatic carbocycles. The molecule has 0 saturated heterocycles. The summed E-state index contributed by atoms with van der Waals surface area (Å²) < 4.78 is 24.2. The Labute approximate surface area is 109 Å². The minimum absolute atomic E-state index is 0.0153. The summed E-state index contributed by atoms with van der Waals surface area (Å²) in [6.07, 6.45) is 1.36. The summed E-state index contributed by atoms with van der Waals surface area (Å²) in [5, 5.41) is 5.33. The molecule has 18 heavy (non-hydrogen) atoms. The van der Waals surface area contributed by atoms with Crippen molar-refractivity contribution in [3.63, 3.8) is 0 Å². The van der Waals surface area contributed by atoms with Crippen LogP contribution >= 0.6 is 11.3 Å². The molecule has 0 unspecified atom stereocenters. The molecular weight excluding hydrogens is 278 g/mol. The summed E-state index contributed by atoms with van der Waals surface area (Å²) >= 11 is 1.06. The quantitative estimate of drug-likeness (QED) is 0.476. The van der Waals surface area contributed by atoms with Crippen LogP contribution in [0.2, 0.25) is 0 Å². The Hall–Kier alpha value is -1.48. The second-order valence-corrected chi connectivity index (χ2v) is 6.27. The molecule has 0 bridgehead atoms. The van der Waals surface area contributed by atoms with E-state index in [1.54, 1.807) is 13.8 Å². The second kappa shape index (κ2) is 5.91. The molecule has 0 aliphatic carbocycles. The molecule has 9 heteroatoms. The van der Waals surface area contributed by atoms with E-state index in [2.05, 4.69) is 14.9 Å². The van der Waals surface area contributed by atoms with Gasteiger partial charge < -0.3 is 4.84 Å². The smallest absolute Gasteiger partial charge is 0.231 e. The van der Waals surface area contributed by atoms with Crippen molar-refractivity contribution in [3.8, 4) is 0 Å². The van der Waals surface area contributed by atoms with Gasteiger partial charge in [-0.25, -0.2) is 13.4 Å². The molecule has 1 rings (SSSR count). The number of carbonyl (C=O) groups excluding carboxylic acids is 1. The summed E-state index contributed by atoms with van der Waals surface area (Å²) in [6.45, 7) is 3.53. The maximum absolute atomic E-state index is 11.0. The summed E-state index contributed by atoms with van der Waals surface area (Å²) in [4.78, 5) is 19.7. The van der Waals surface area contributed by atoms with Crippen molar-refractivity contribution in [2.45, 2.75) is 20.0 Å². The number of nitrogens with zero attached hydrogens (tertiary/aromatic N) is 2. The van der Waals surface area contributed by atoms with Crippen molar-refractivity contribution >= 4 is 38.5 Å². The standard InChI is InChI=1S/C9H13N3O4S2/c1-6(2)16-11-7(4-13)8-5-17-9(10-8)12-18(3,14)15/h4-6H,1-3H3,(H,10,12)/b11-7+. The van der Waals surface area contributed by atoms with Gasteiger partial charge in [0.1, 0.15) is 11.8 Å². The highest BCUT2D eigenvalue weighted by atomic mass is 32.2. The molecule has 0 atom stereocenters. The Morgan fingerprint density at radius 1 is 1.61 bits per heavy atom. The third kappa shape index (κ3) is 4.80. The minimum atomic E-state index is -3.38. The predicted octanol–water partition coefficient (Wildman–Crippen LogP) is 0.843. The number of hydrogen-bond donors (Lipinski definition) is 1. The maximum Gasteiger partial charge on any atom is 0.231 e. The van der Waals surface area contributed by atoms with Crippen LogP contribution in [-0.4, -0.2) is 37.8 Å². The van der Waals surface area contributed by atoms with E-state index in [-0.39, 0.29) is 22.6 Å². The SMILES string of the molecule is CC(C)O/N=C(\C=O)c1csc(NS(C)(=O)=O)n1. The van der Waals surface area contributed by atoms with Crippen LogP contribution in [0.1, 0.15) is 19.5 Å². The number of thiazole rings is 1. The van der Waals surface area contributed by atoms with Gasteiger partial charge in [-0.3, -0.25) is 9.52 Å². The zero-order valence-electron chi connectivity index (χ0n) is 10.1. The summed E-state index contributed by atoms with van der Waals surface area (Å²) in [5.74, 6) is 0. The van der Waals surface area contributed by atoms with Crippen LogP contribution < -0.4 is 4.72 Å².